The topological polar surface area (TPSA) is 63.1 Å². The van der Waals surface area contributed by atoms with Crippen LogP contribution in [0.3, 0.4) is 0 Å². The first-order valence-corrected chi connectivity index (χ1v) is 7.65. The van der Waals surface area contributed by atoms with E-state index in [-0.39, 0.29) is 0 Å². The molecule has 0 radical (unpaired) electrons. The van der Waals surface area contributed by atoms with Crippen molar-refractivity contribution in [1.82, 2.24) is 25.0 Å². The Kier molecular flexibility index (Phi) is 4.30. The molecule has 1 amide bonds. The van der Waals surface area contributed by atoms with Gasteiger partial charge >= 0.3 is 0 Å². The number of carbonyl (C=O) groups is 1. The van der Waals surface area contributed by atoms with E-state index in [1.54, 1.807) is 12.7 Å². The fourth-order valence-corrected chi connectivity index (χ4v) is 3.30. The standard InChI is InChI=1S/C14H23N5O/c20-14(7-13-4-1-5-16-13)18-6-2-3-12(8-18)9-19-11-15-10-17-19/h10-13,16H,1-9H2. The zero-order valence-corrected chi connectivity index (χ0v) is 11.9. The number of likely N-dealkylation sites (tertiary alicyclic amines) is 1. The Morgan fingerprint density at radius 1 is 1.35 bits per heavy atom. The molecule has 6 heteroatoms. The van der Waals surface area contributed by atoms with Crippen LogP contribution >= 0.6 is 0 Å². The highest BCUT2D eigenvalue weighted by Gasteiger charge is 2.26. The number of nitrogens with one attached hydrogen (secondary N) is 1. The van der Waals surface area contributed by atoms with Crippen LogP contribution in [0.15, 0.2) is 12.7 Å². The zero-order valence-electron chi connectivity index (χ0n) is 11.9. The van der Waals surface area contributed by atoms with Crippen LogP contribution in [-0.2, 0) is 11.3 Å². The highest BCUT2D eigenvalue weighted by atomic mass is 16.2. The Hall–Kier alpha value is -1.43. The molecule has 2 atom stereocenters. The number of aromatic nitrogens is 3. The van der Waals surface area contributed by atoms with Crippen LogP contribution in [0.2, 0.25) is 0 Å². The summed E-state index contributed by atoms with van der Waals surface area (Å²) in [6, 6.07) is 0.401. The number of hydrogen-bond donors (Lipinski definition) is 1. The second-order valence-corrected chi connectivity index (χ2v) is 5.96. The SMILES string of the molecule is O=C(CC1CCCN1)N1CCCC(Cn2cncn2)C1. The summed E-state index contributed by atoms with van der Waals surface area (Å²) in [5.74, 6) is 0.818. The maximum Gasteiger partial charge on any atom is 0.224 e. The van der Waals surface area contributed by atoms with Gasteiger partial charge in [-0.25, -0.2) is 4.98 Å². The van der Waals surface area contributed by atoms with E-state index in [2.05, 4.69) is 15.4 Å². The van der Waals surface area contributed by atoms with E-state index in [1.165, 1.54) is 12.8 Å². The molecule has 6 nitrogen and oxygen atoms in total. The van der Waals surface area contributed by atoms with Gasteiger partial charge in [0.1, 0.15) is 12.7 Å². The van der Waals surface area contributed by atoms with Crippen molar-refractivity contribution in [2.45, 2.75) is 44.7 Å². The Labute approximate surface area is 119 Å². The van der Waals surface area contributed by atoms with Gasteiger partial charge in [-0.05, 0) is 38.1 Å². The van der Waals surface area contributed by atoms with Gasteiger partial charge in [0.05, 0.1) is 0 Å². The van der Waals surface area contributed by atoms with E-state index in [4.69, 9.17) is 0 Å². The average molecular weight is 277 g/mol. The second kappa shape index (κ2) is 6.35. The lowest BCUT2D eigenvalue weighted by atomic mass is 9.97. The Morgan fingerprint density at radius 2 is 2.30 bits per heavy atom. The van der Waals surface area contributed by atoms with Crippen LogP contribution in [-0.4, -0.2) is 51.2 Å². The first kappa shape index (κ1) is 13.5. The van der Waals surface area contributed by atoms with Crippen molar-refractivity contribution >= 4 is 5.91 Å². The molecular formula is C14H23N5O. The van der Waals surface area contributed by atoms with Gasteiger partial charge in [0.25, 0.3) is 0 Å². The fraction of sp³-hybridized carbons (Fsp3) is 0.786. The maximum absolute atomic E-state index is 12.4. The molecule has 1 N–H and O–H groups in total. The summed E-state index contributed by atoms with van der Waals surface area (Å²) in [4.78, 5) is 18.4. The normalized spacial score (nSPS) is 26.9. The number of amides is 1. The number of piperidine rings is 1. The van der Waals surface area contributed by atoms with E-state index in [0.717, 1.165) is 39.0 Å². The van der Waals surface area contributed by atoms with E-state index in [1.807, 2.05) is 9.58 Å². The summed E-state index contributed by atoms with van der Waals surface area (Å²) in [5.41, 5.74) is 0. The van der Waals surface area contributed by atoms with E-state index in [9.17, 15) is 4.79 Å². The number of carbonyl (C=O) groups excluding carboxylic acids is 1. The second-order valence-electron chi connectivity index (χ2n) is 5.96. The minimum atomic E-state index is 0.313. The van der Waals surface area contributed by atoms with E-state index < -0.39 is 0 Å². The highest BCUT2D eigenvalue weighted by molar-refractivity contribution is 5.77. The van der Waals surface area contributed by atoms with Gasteiger partial charge in [-0.3, -0.25) is 9.48 Å². The molecule has 2 saturated heterocycles. The number of nitrogens with zero attached hydrogens (tertiary/aromatic N) is 4. The molecule has 3 rings (SSSR count). The number of rotatable bonds is 4. The molecule has 0 spiro atoms. The molecule has 0 aromatic carbocycles. The quantitative estimate of drug-likeness (QED) is 0.878. The monoisotopic (exact) mass is 277 g/mol. The van der Waals surface area contributed by atoms with Crippen LogP contribution in [0.5, 0.6) is 0 Å². The minimum absolute atomic E-state index is 0.313. The van der Waals surface area contributed by atoms with Crippen molar-refractivity contribution in [2.24, 2.45) is 5.92 Å². The number of hydrogen-bond acceptors (Lipinski definition) is 4. The lowest BCUT2D eigenvalue weighted by Crippen LogP contribution is -2.43. The van der Waals surface area contributed by atoms with Gasteiger partial charge in [-0.15, -0.1) is 0 Å². The molecule has 2 unspecified atom stereocenters. The van der Waals surface area contributed by atoms with E-state index in [0.29, 0.717) is 24.3 Å². The molecule has 1 aromatic heterocycles. The Bertz CT molecular complexity index is 427. The Balaban J connectivity index is 1.50. The molecule has 0 bridgehead atoms. The van der Waals surface area contributed by atoms with Gasteiger partial charge in [0.15, 0.2) is 0 Å². The summed E-state index contributed by atoms with van der Waals surface area (Å²) in [6.45, 7) is 3.71. The largest absolute Gasteiger partial charge is 0.342 e. The van der Waals surface area contributed by atoms with Crippen molar-refractivity contribution in [2.75, 3.05) is 19.6 Å². The highest BCUT2D eigenvalue weighted by Crippen LogP contribution is 2.20. The minimum Gasteiger partial charge on any atom is -0.342 e. The van der Waals surface area contributed by atoms with Gasteiger partial charge in [-0.1, -0.05) is 0 Å². The summed E-state index contributed by atoms with van der Waals surface area (Å²) in [7, 11) is 0. The molecule has 3 heterocycles. The summed E-state index contributed by atoms with van der Waals surface area (Å²) >= 11 is 0. The van der Waals surface area contributed by atoms with Crippen molar-refractivity contribution in [3.05, 3.63) is 12.7 Å². The van der Waals surface area contributed by atoms with Gasteiger partial charge in [0, 0.05) is 32.1 Å². The van der Waals surface area contributed by atoms with Crippen LogP contribution in [0, 0.1) is 5.92 Å². The molecule has 1 aromatic rings. The smallest absolute Gasteiger partial charge is 0.224 e. The third kappa shape index (κ3) is 3.36. The predicted octanol–water partition coefficient (Wildman–Crippen LogP) is 0.659. The molecule has 2 aliphatic rings. The van der Waals surface area contributed by atoms with Crippen LogP contribution in [0.1, 0.15) is 32.1 Å². The zero-order chi connectivity index (χ0) is 13.8. The molecule has 20 heavy (non-hydrogen) atoms. The molecule has 110 valence electrons. The third-order valence-corrected chi connectivity index (χ3v) is 4.37. The third-order valence-electron chi connectivity index (χ3n) is 4.37. The van der Waals surface area contributed by atoms with Crippen LogP contribution in [0.25, 0.3) is 0 Å². The molecule has 0 saturated carbocycles. The first-order valence-electron chi connectivity index (χ1n) is 7.65. The fourth-order valence-electron chi connectivity index (χ4n) is 3.30. The average Bonchev–Trinajstić information content (AvgIpc) is 3.12. The Morgan fingerprint density at radius 3 is 3.05 bits per heavy atom. The van der Waals surface area contributed by atoms with Gasteiger partial charge < -0.3 is 10.2 Å². The lowest BCUT2D eigenvalue weighted by Gasteiger charge is -2.33. The van der Waals surface area contributed by atoms with Crippen LogP contribution < -0.4 is 5.32 Å². The van der Waals surface area contributed by atoms with E-state index >= 15 is 0 Å². The lowest BCUT2D eigenvalue weighted by molar-refractivity contribution is -0.133. The van der Waals surface area contributed by atoms with Crippen molar-refractivity contribution in [3.63, 3.8) is 0 Å². The summed E-state index contributed by atoms with van der Waals surface area (Å²) in [6.07, 6.45) is 8.60. The van der Waals surface area contributed by atoms with Crippen molar-refractivity contribution < 1.29 is 4.79 Å². The summed E-state index contributed by atoms with van der Waals surface area (Å²) < 4.78 is 1.87. The van der Waals surface area contributed by atoms with Crippen molar-refractivity contribution in [3.8, 4) is 0 Å². The van der Waals surface area contributed by atoms with Gasteiger partial charge in [-0.2, -0.15) is 5.10 Å². The predicted molar refractivity (Wildman–Crippen MR) is 75.0 cm³/mol. The maximum atomic E-state index is 12.4. The molecular weight excluding hydrogens is 254 g/mol. The summed E-state index contributed by atoms with van der Waals surface area (Å²) in [5, 5.41) is 7.56. The molecule has 2 aliphatic heterocycles. The van der Waals surface area contributed by atoms with Gasteiger partial charge in [0.2, 0.25) is 5.91 Å². The molecule has 2 fully saturated rings. The first-order chi connectivity index (χ1) is 9.81. The van der Waals surface area contributed by atoms with Crippen molar-refractivity contribution in [1.29, 1.82) is 0 Å². The van der Waals surface area contributed by atoms with Crippen LogP contribution in [0.4, 0.5) is 0 Å². The molecule has 0 aliphatic carbocycles.